The van der Waals surface area contributed by atoms with Gasteiger partial charge in [-0.25, -0.2) is 0 Å². The average Bonchev–Trinajstić information content (AvgIpc) is 2.41. The van der Waals surface area contributed by atoms with Gasteiger partial charge in [-0.2, -0.15) is 0 Å². The van der Waals surface area contributed by atoms with Gasteiger partial charge in [0, 0.05) is 31.6 Å². The number of ether oxygens (including phenoxy) is 1. The number of piperidine rings is 1. The number of rotatable bonds is 6. The van der Waals surface area contributed by atoms with Crippen molar-refractivity contribution in [1.82, 2.24) is 9.88 Å². The highest BCUT2D eigenvalue weighted by molar-refractivity contribution is 5.09. The average molecular weight is 262 g/mol. The smallest absolute Gasteiger partial charge is 0.0518 e. The summed E-state index contributed by atoms with van der Waals surface area (Å²) in [6.45, 7) is 7.37. The Bertz CT molecular complexity index is 353. The largest absolute Gasteiger partial charge is 0.379 e. The SMILES string of the molecule is CC(C)OCCC1CCCCN1Cc1ccncc1. The van der Waals surface area contributed by atoms with E-state index in [0.717, 1.165) is 19.6 Å². The van der Waals surface area contributed by atoms with Gasteiger partial charge in [-0.15, -0.1) is 0 Å². The number of aromatic nitrogens is 1. The predicted octanol–water partition coefficient (Wildman–Crippen LogP) is 3.25. The molecule has 0 bridgehead atoms. The van der Waals surface area contributed by atoms with Gasteiger partial charge in [0.1, 0.15) is 0 Å². The normalized spacial score (nSPS) is 20.9. The van der Waals surface area contributed by atoms with E-state index in [0.29, 0.717) is 12.1 Å². The molecule has 1 unspecified atom stereocenters. The summed E-state index contributed by atoms with van der Waals surface area (Å²) in [6.07, 6.45) is 9.27. The first kappa shape index (κ1) is 14.5. The lowest BCUT2D eigenvalue weighted by atomic mass is 9.99. The van der Waals surface area contributed by atoms with Crippen LogP contribution in [0.2, 0.25) is 0 Å². The lowest BCUT2D eigenvalue weighted by Gasteiger charge is -2.36. The van der Waals surface area contributed by atoms with E-state index in [1.165, 1.54) is 31.4 Å². The summed E-state index contributed by atoms with van der Waals surface area (Å²) in [5, 5.41) is 0. The van der Waals surface area contributed by atoms with Crippen molar-refractivity contribution < 1.29 is 4.74 Å². The fourth-order valence-corrected chi connectivity index (χ4v) is 2.76. The van der Waals surface area contributed by atoms with Crippen molar-refractivity contribution in [3.8, 4) is 0 Å². The fraction of sp³-hybridized carbons (Fsp3) is 0.688. The Balaban J connectivity index is 1.85. The molecule has 0 amide bonds. The molecular weight excluding hydrogens is 236 g/mol. The van der Waals surface area contributed by atoms with Crippen LogP contribution in [0.5, 0.6) is 0 Å². The first-order valence-corrected chi connectivity index (χ1v) is 7.50. The van der Waals surface area contributed by atoms with Crippen LogP contribution in [0.15, 0.2) is 24.5 Å². The summed E-state index contributed by atoms with van der Waals surface area (Å²) in [5.74, 6) is 0. The highest BCUT2D eigenvalue weighted by atomic mass is 16.5. The standard InChI is InChI=1S/C16H26N2O/c1-14(2)19-12-8-16-5-3-4-11-18(16)13-15-6-9-17-10-7-15/h6-7,9-10,14,16H,3-5,8,11-13H2,1-2H3. The Morgan fingerprint density at radius 2 is 2.11 bits per heavy atom. The lowest BCUT2D eigenvalue weighted by Crippen LogP contribution is -2.39. The highest BCUT2D eigenvalue weighted by Gasteiger charge is 2.22. The molecule has 1 saturated heterocycles. The quantitative estimate of drug-likeness (QED) is 0.787. The maximum atomic E-state index is 5.71. The summed E-state index contributed by atoms with van der Waals surface area (Å²) >= 11 is 0. The van der Waals surface area contributed by atoms with Gasteiger partial charge in [0.25, 0.3) is 0 Å². The van der Waals surface area contributed by atoms with Crippen molar-refractivity contribution in [2.45, 2.75) is 58.2 Å². The Hall–Kier alpha value is -0.930. The Morgan fingerprint density at radius 3 is 2.84 bits per heavy atom. The maximum Gasteiger partial charge on any atom is 0.0518 e. The van der Waals surface area contributed by atoms with Crippen LogP contribution in [0.4, 0.5) is 0 Å². The second kappa shape index (κ2) is 7.61. The van der Waals surface area contributed by atoms with Crippen LogP contribution in [0.3, 0.4) is 0 Å². The fourth-order valence-electron chi connectivity index (χ4n) is 2.76. The number of nitrogens with zero attached hydrogens (tertiary/aromatic N) is 2. The summed E-state index contributed by atoms with van der Waals surface area (Å²) < 4.78 is 5.71. The second-order valence-corrected chi connectivity index (χ2v) is 5.68. The van der Waals surface area contributed by atoms with Crippen LogP contribution in [0.1, 0.15) is 45.1 Å². The minimum absolute atomic E-state index is 0.345. The van der Waals surface area contributed by atoms with Crippen LogP contribution < -0.4 is 0 Å². The molecule has 0 N–H and O–H groups in total. The molecule has 1 aromatic rings. The van der Waals surface area contributed by atoms with Gasteiger partial charge in [0.15, 0.2) is 0 Å². The molecule has 0 aliphatic carbocycles. The van der Waals surface area contributed by atoms with Gasteiger partial charge in [-0.05, 0) is 57.4 Å². The third-order valence-electron chi connectivity index (χ3n) is 3.79. The summed E-state index contributed by atoms with van der Waals surface area (Å²) in [7, 11) is 0. The van der Waals surface area contributed by atoms with Crippen molar-refractivity contribution in [2.24, 2.45) is 0 Å². The molecular formula is C16H26N2O. The molecule has 0 radical (unpaired) electrons. The molecule has 1 aliphatic heterocycles. The van der Waals surface area contributed by atoms with Crippen LogP contribution in [-0.4, -0.2) is 35.2 Å². The van der Waals surface area contributed by atoms with E-state index in [-0.39, 0.29) is 0 Å². The van der Waals surface area contributed by atoms with Crippen LogP contribution in [0.25, 0.3) is 0 Å². The monoisotopic (exact) mass is 262 g/mol. The number of likely N-dealkylation sites (tertiary alicyclic amines) is 1. The maximum absolute atomic E-state index is 5.71. The Kier molecular flexibility index (Phi) is 5.80. The number of hydrogen-bond acceptors (Lipinski definition) is 3. The van der Waals surface area contributed by atoms with E-state index in [2.05, 4.69) is 35.9 Å². The molecule has 1 aromatic heterocycles. The Labute approximate surface area is 117 Å². The zero-order valence-corrected chi connectivity index (χ0v) is 12.2. The van der Waals surface area contributed by atoms with E-state index in [9.17, 15) is 0 Å². The molecule has 1 atom stereocenters. The molecule has 3 heteroatoms. The predicted molar refractivity (Wildman–Crippen MR) is 78.0 cm³/mol. The van der Waals surface area contributed by atoms with Crippen molar-refractivity contribution in [1.29, 1.82) is 0 Å². The molecule has 1 fully saturated rings. The third-order valence-corrected chi connectivity index (χ3v) is 3.79. The van der Waals surface area contributed by atoms with Crippen molar-refractivity contribution in [3.05, 3.63) is 30.1 Å². The van der Waals surface area contributed by atoms with Crippen molar-refractivity contribution in [2.75, 3.05) is 13.2 Å². The van der Waals surface area contributed by atoms with Gasteiger partial charge in [0.2, 0.25) is 0 Å². The van der Waals surface area contributed by atoms with E-state index < -0.39 is 0 Å². The molecule has 2 heterocycles. The molecule has 0 saturated carbocycles. The lowest BCUT2D eigenvalue weighted by molar-refractivity contribution is 0.0457. The minimum Gasteiger partial charge on any atom is -0.379 e. The summed E-state index contributed by atoms with van der Waals surface area (Å²) in [4.78, 5) is 6.70. The molecule has 106 valence electrons. The van der Waals surface area contributed by atoms with Gasteiger partial charge < -0.3 is 4.74 Å². The van der Waals surface area contributed by atoms with E-state index in [1.54, 1.807) is 0 Å². The topological polar surface area (TPSA) is 25.4 Å². The Morgan fingerprint density at radius 1 is 1.32 bits per heavy atom. The molecule has 0 aromatic carbocycles. The zero-order valence-electron chi connectivity index (χ0n) is 12.2. The van der Waals surface area contributed by atoms with Gasteiger partial charge in [-0.1, -0.05) is 6.42 Å². The third kappa shape index (κ3) is 4.92. The van der Waals surface area contributed by atoms with Crippen LogP contribution in [0, 0.1) is 0 Å². The first-order valence-electron chi connectivity index (χ1n) is 7.50. The zero-order chi connectivity index (χ0) is 13.5. The number of pyridine rings is 1. The second-order valence-electron chi connectivity index (χ2n) is 5.68. The molecule has 0 spiro atoms. The molecule has 3 nitrogen and oxygen atoms in total. The van der Waals surface area contributed by atoms with Crippen LogP contribution >= 0.6 is 0 Å². The summed E-state index contributed by atoms with van der Waals surface area (Å²) in [5.41, 5.74) is 1.37. The molecule has 19 heavy (non-hydrogen) atoms. The van der Waals surface area contributed by atoms with E-state index in [4.69, 9.17) is 4.74 Å². The van der Waals surface area contributed by atoms with Crippen LogP contribution in [-0.2, 0) is 11.3 Å². The van der Waals surface area contributed by atoms with Crippen molar-refractivity contribution >= 4 is 0 Å². The highest BCUT2D eigenvalue weighted by Crippen LogP contribution is 2.22. The number of hydrogen-bond donors (Lipinski definition) is 0. The van der Waals surface area contributed by atoms with E-state index >= 15 is 0 Å². The molecule has 2 rings (SSSR count). The van der Waals surface area contributed by atoms with Gasteiger partial charge in [-0.3, -0.25) is 9.88 Å². The van der Waals surface area contributed by atoms with Gasteiger partial charge >= 0.3 is 0 Å². The molecule has 1 aliphatic rings. The first-order chi connectivity index (χ1) is 9.25. The van der Waals surface area contributed by atoms with E-state index in [1.807, 2.05) is 12.4 Å². The summed E-state index contributed by atoms with van der Waals surface area (Å²) in [6, 6.07) is 4.92. The minimum atomic E-state index is 0.345. The van der Waals surface area contributed by atoms with Crippen molar-refractivity contribution in [3.63, 3.8) is 0 Å². The van der Waals surface area contributed by atoms with Gasteiger partial charge in [0.05, 0.1) is 6.10 Å².